The Kier molecular flexibility index (Phi) is 8.24. The molecule has 3 aromatic heterocycles. The topological polar surface area (TPSA) is 57.3 Å². The van der Waals surface area contributed by atoms with E-state index in [0.29, 0.717) is 11.5 Å². The SMILES string of the molecule is CC(C)(C)c1ccnc(-n2c3[c-]c(Oc4[c-]c5c(cc4)N4B(Oc6ccccc6-c6ccccc6-c6ccccc64)n4ccnc4-5)ccc3c3ccccc32)c1.[Pt+2]. The summed E-state index contributed by atoms with van der Waals surface area (Å²) >= 11 is 0. The number of hydrogen-bond acceptors (Lipinski definition) is 5. The molecule has 7 nitrogen and oxygen atoms in total. The molecule has 2 aliphatic heterocycles. The normalized spacial score (nSPS) is 12.8. The van der Waals surface area contributed by atoms with Crippen molar-refractivity contribution in [3.8, 4) is 56.7 Å². The first-order valence-corrected chi connectivity index (χ1v) is 18.8. The molecule has 57 heavy (non-hydrogen) atoms. The maximum atomic E-state index is 7.03. The van der Waals surface area contributed by atoms with Crippen molar-refractivity contribution in [3.63, 3.8) is 0 Å². The van der Waals surface area contributed by atoms with E-state index in [4.69, 9.17) is 19.4 Å². The predicted octanol–water partition coefficient (Wildman–Crippen LogP) is 11.4. The molecule has 276 valence electrons. The maximum Gasteiger partial charge on any atom is 2.00 e. The summed E-state index contributed by atoms with van der Waals surface area (Å²) in [6.07, 6.45) is 5.68. The van der Waals surface area contributed by atoms with Gasteiger partial charge in [-0.15, -0.1) is 23.6 Å². The monoisotopic (exact) mass is 918 g/mol. The van der Waals surface area contributed by atoms with E-state index in [1.807, 2.05) is 42.9 Å². The molecule has 0 fully saturated rings. The fraction of sp³-hybridized carbons (Fsp3) is 0.0833. The first-order valence-electron chi connectivity index (χ1n) is 18.8. The minimum atomic E-state index is -0.556. The summed E-state index contributed by atoms with van der Waals surface area (Å²) in [6, 6.07) is 53.3. The summed E-state index contributed by atoms with van der Waals surface area (Å²) in [4.78, 5) is 11.9. The second kappa shape index (κ2) is 13.4. The molecule has 0 N–H and O–H groups in total. The van der Waals surface area contributed by atoms with Crippen molar-refractivity contribution in [2.45, 2.75) is 26.2 Å². The Hall–Kier alpha value is -6.37. The summed E-state index contributed by atoms with van der Waals surface area (Å²) in [5.74, 6) is 3.50. The van der Waals surface area contributed by atoms with Gasteiger partial charge in [-0.05, 0) is 63.5 Å². The van der Waals surface area contributed by atoms with Gasteiger partial charge in [-0.2, -0.15) is 6.07 Å². The van der Waals surface area contributed by atoms with E-state index in [0.717, 1.165) is 78.4 Å². The first-order chi connectivity index (χ1) is 27.4. The molecule has 0 atom stereocenters. The molecule has 0 saturated carbocycles. The van der Waals surface area contributed by atoms with Crippen molar-refractivity contribution in [2.75, 3.05) is 4.81 Å². The number of aromatic nitrogens is 4. The van der Waals surface area contributed by atoms with Gasteiger partial charge >= 0.3 is 28.3 Å². The van der Waals surface area contributed by atoms with Crippen LogP contribution in [0.15, 0.2) is 152 Å². The van der Waals surface area contributed by atoms with Crippen LogP contribution in [0, 0.1) is 12.1 Å². The summed E-state index contributed by atoms with van der Waals surface area (Å²) in [5.41, 5.74) is 10.2. The Morgan fingerprint density at radius 3 is 2.19 bits per heavy atom. The summed E-state index contributed by atoms with van der Waals surface area (Å²) in [6.45, 7) is 6.66. The second-order valence-electron chi connectivity index (χ2n) is 15.3. The van der Waals surface area contributed by atoms with E-state index >= 15 is 0 Å². The van der Waals surface area contributed by atoms with Crippen molar-refractivity contribution >= 4 is 40.4 Å². The summed E-state index contributed by atoms with van der Waals surface area (Å²) in [5, 5.41) is 2.21. The van der Waals surface area contributed by atoms with E-state index in [-0.39, 0.29) is 26.5 Å². The van der Waals surface area contributed by atoms with Crippen LogP contribution in [0.1, 0.15) is 26.3 Å². The third-order valence-corrected chi connectivity index (χ3v) is 10.9. The average Bonchev–Trinajstić information content (AvgIpc) is 3.85. The molecule has 6 aromatic carbocycles. The zero-order chi connectivity index (χ0) is 37.5. The van der Waals surface area contributed by atoms with Gasteiger partial charge < -0.3 is 23.2 Å². The number of benzene rings is 6. The van der Waals surface area contributed by atoms with Crippen LogP contribution >= 0.6 is 0 Å². The third-order valence-electron chi connectivity index (χ3n) is 10.9. The van der Waals surface area contributed by atoms with Gasteiger partial charge in [-0.3, -0.25) is 4.98 Å². The maximum absolute atomic E-state index is 7.03. The van der Waals surface area contributed by atoms with Gasteiger partial charge in [0.1, 0.15) is 11.6 Å². The van der Waals surface area contributed by atoms with Gasteiger partial charge in [0, 0.05) is 58.2 Å². The number of nitrogens with zero attached hydrogens (tertiary/aromatic N) is 5. The quantitative estimate of drug-likeness (QED) is 0.131. The smallest absolute Gasteiger partial charge is 0.523 e. The van der Waals surface area contributed by atoms with E-state index in [1.54, 1.807) is 0 Å². The zero-order valence-electron chi connectivity index (χ0n) is 31.4. The molecule has 0 saturated heterocycles. The Labute approximate surface area is 345 Å². The van der Waals surface area contributed by atoms with Gasteiger partial charge in [-0.25, -0.2) is 4.98 Å². The molecular formula is C48H34BN5O2Pt. The summed E-state index contributed by atoms with van der Waals surface area (Å²) < 4.78 is 17.9. The van der Waals surface area contributed by atoms with Gasteiger partial charge in [0.2, 0.25) is 0 Å². The number of anilines is 2. The Bertz CT molecular complexity index is 3020. The van der Waals surface area contributed by atoms with Crippen LogP contribution in [0.3, 0.4) is 0 Å². The molecule has 0 radical (unpaired) electrons. The minimum absolute atomic E-state index is 0. The molecule has 2 aliphatic rings. The van der Waals surface area contributed by atoms with Crippen LogP contribution in [-0.2, 0) is 26.5 Å². The first kappa shape index (κ1) is 35.1. The number of ether oxygens (including phenoxy) is 1. The predicted molar refractivity (Wildman–Crippen MR) is 224 cm³/mol. The number of rotatable bonds is 3. The van der Waals surface area contributed by atoms with Gasteiger partial charge in [0.15, 0.2) is 0 Å². The molecule has 0 bridgehead atoms. The number of pyridine rings is 1. The molecule has 9 aromatic rings. The van der Waals surface area contributed by atoms with Gasteiger partial charge in [-0.1, -0.05) is 123 Å². The number of imidazole rings is 1. The number of para-hydroxylation sites is 3. The Balaban J connectivity index is 0.00000396. The van der Waals surface area contributed by atoms with Crippen LogP contribution in [0.4, 0.5) is 11.4 Å². The number of hydrogen-bond donors (Lipinski definition) is 0. The van der Waals surface area contributed by atoms with Gasteiger partial charge in [0.05, 0.1) is 0 Å². The van der Waals surface area contributed by atoms with E-state index in [9.17, 15) is 0 Å². The molecule has 0 unspecified atom stereocenters. The molecule has 0 spiro atoms. The van der Waals surface area contributed by atoms with Crippen molar-refractivity contribution in [1.29, 1.82) is 0 Å². The van der Waals surface area contributed by atoms with Crippen LogP contribution in [0.5, 0.6) is 17.2 Å². The van der Waals surface area contributed by atoms with E-state index in [1.165, 1.54) is 5.56 Å². The van der Waals surface area contributed by atoms with E-state index < -0.39 is 7.19 Å². The van der Waals surface area contributed by atoms with Crippen molar-refractivity contribution < 1.29 is 30.5 Å². The Morgan fingerprint density at radius 2 is 1.35 bits per heavy atom. The fourth-order valence-electron chi connectivity index (χ4n) is 8.25. The van der Waals surface area contributed by atoms with Gasteiger partial charge in [0.25, 0.3) is 0 Å². The molecule has 5 heterocycles. The second-order valence-corrected chi connectivity index (χ2v) is 15.3. The molecule has 0 amide bonds. The van der Waals surface area contributed by atoms with Crippen molar-refractivity contribution in [2.24, 2.45) is 0 Å². The summed E-state index contributed by atoms with van der Waals surface area (Å²) in [7, 11) is -0.556. The standard InChI is InChI=1S/C48H34BN5O2.Pt/c1-48(2,3)31-24-25-50-46(28-31)53-41-17-9-6-15-37(41)38-22-20-33(30-44(38)53)55-32-21-23-43-40(29-32)47-51-26-27-52(47)49-54(43)42-18-10-7-14-36(42)34-12-4-5-13-35(34)39-16-8-11-19-45(39)56-49;/h4-28H,1-3H3;/q-2;+2. The minimum Gasteiger partial charge on any atom is -0.523 e. The van der Waals surface area contributed by atoms with Crippen LogP contribution in [0.25, 0.3) is 61.3 Å². The third kappa shape index (κ3) is 5.61. The molecule has 9 heteroatoms. The zero-order valence-corrected chi connectivity index (χ0v) is 33.7. The van der Waals surface area contributed by atoms with Crippen LogP contribution in [0.2, 0.25) is 0 Å². The Morgan fingerprint density at radius 1 is 0.649 bits per heavy atom. The van der Waals surface area contributed by atoms with Crippen molar-refractivity contribution in [1.82, 2.24) is 19.0 Å². The van der Waals surface area contributed by atoms with Crippen LogP contribution in [-0.4, -0.2) is 26.2 Å². The molecule has 0 aliphatic carbocycles. The largest absolute Gasteiger partial charge is 2.00 e. The molecule has 11 rings (SSSR count). The van der Waals surface area contributed by atoms with Crippen LogP contribution < -0.4 is 14.2 Å². The molecular weight excluding hydrogens is 884 g/mol. The van der Waals surface area contributed by atoms with E-state index in [2.05, 4.69) is 156 Å². The fourth-order valence-corrected chi connectivity index (χ4v) is 8.25. The van der Waals surface area contributed by atoms with Crippen molar-refractivity contribution in [3.05, 3.63) is 170 Å². The average molecular weight is 919 g/mol. The number of fused-ring (bicyclic) bond motifs is 15.